The normalized spacial score (nSPS) is 17.7. The molecule has 88 valence electrons. The van der Waals surface area contributed by atoms with Gasteiger partial charge in [0.1, 0.15) is 6.61 Å². The van der Waals surface area contributed by atoms with Crippen molar-refractivity contribution in [3.8, 4) is 0 Å². The van der Waals surface area contributed by atoms with Crippen LogP contribution in [0.5, 0.6) is 0 Å². The first-order chi connectivity index (χ1) is 7.25. The average molecular weight is 216 g/mol. The molecular weight excluding hydrogens is 196 g/mol. The minimum absolute atomic E-state index is 0.0235. The molecule has 1 fully saturated rings. The second-order valence-electron chi connectivity index (χ2n) is 3.69. The van der Waals surface area contributed by atoms with E-state index in [1.54, 1.807) is 4.90 Å². The Bertz CT molecular complexity index is 193. The van der Waals surface area contributed by atoms with E-state index in [0.717, 1.165) is 26.1 Å². The van der Waals surface area contributed by atoms with Crippen molar-refractivity contribution < 1.29 is 14.3 Å². The molecule has 0 atom stereocenters. The van der Waals surface area contributed by atoms with Gasteiger partial charge in [0.15, 0.2) is 0 Å². The average Bonchev–Trinajstić information content (AvgIpc) is 2.29. The van der Waals surface area contributed by atoms with E-state index in [0.29, 0.717) is 19.2 Å². The van der Waals surface area contributed by atoms with Gasteiger partial charge in [-0.25, -0.2) is 0 Å². The third-order valence-corrected chi connectivity index (χ3v) is 2.62. The lowest BCUT2D eigenvalue weighted by Crippen LogP contribution is -2.42. The van der Waals surface area contributed by atoms with Gasteiger partial charge in [-0.05, 0) is 12.8 Å². The number of hydrogen-bond acceptors (Lipinski definition) is 4. The fourth-order valence-electron chi connectivity index (χ4n) is 1.62. The highest BCUT2D eigenvalue weighted by molar-refractivity contribution is 5.77. The number of rotatable bonds is 5. The molecule has 1 amide bonds. The minimum atomic E-state index is 0.0235. The van der Waals surface area contributed by atoms with Gasteiger partial charge in [-0.1, -0.05) is 0 Å². The van der Waals surface area contributed by atoms with Crippen LogP contribution in [0.1, 0.15) is 12.8 Å². The number of ether oxygens (including phenoxy) is 2. The van der Waals surface area contributed by atoms with Crippen molar-refractivity contribution in [1.29, 1.82) is 0 Å². The van der Waals surface area contributed by atoms with Crippen LogP contribution in [-0.2, 0) is 14.3 Å². The number of hydrogen-bond donors (Lipinski definition) is 1. The molecule has 0 aromatic carbocycles. The second-order valence-corrected chi connectivity index (χ2v) is 3.69. The molecule has 0 aromatic rings. The quantitative estimate of drug-likeness (QED) is 0.635. The van der Waals surface area contributed by atoms with Crippen LogP contribution in [0.3, 0.4) is 0 Å². The fraction of sp³-hybridized carbons (Fsp3) is 0.900. The first kappa shape index (κ1) is 12.4. The zero-order valence-electron chi connectivity index (χ0n) is 9.28. The number of nitrogens with two attached hydrogens (primary N) is 1. The summed E-state index contributed by atoms with van der Waals surface area (Å²) in [5.74, 6) is 0.0235. The fourth-order valence-corrected chi connectivity index (χ4v) is 1.62. The van der Waals surface area contributed by atoms with E-state index in [4.69, 9.17) is 15.2 Å². The summed E-state index contributed by atoms with van der Waals surface area (Å²) in [4.78, 5) is 13.4. The Kier molecular flexibility index (Phi) is 5.60. The Morgan fingerprint density at radius 3 is 2.80 bits per heavy atom. The zero-order chi connectivity index (χ0) is 11.1. The van der Waals surface area contributed by atoms with Crippen molar-refractivity contribution in [1.82, 2.24) is 4.90 Å². The van der Waals surface area contributed by atoms with Crippen LogP contribution < -0.4 is 5.73 Å². The highest BCUT2D eigenvalue weighted by Gasteiger charge is 2.22. The predicted octanol–water partition coefficient (Wildman–Crippen LogP) is -0.401. The first-order valence-electron chi connectivity index (χ1n) is 5.37. The highest BCUT2D eigenvalue weighted by atomic mass is 16.5. The summed E-state index contributed by atoms with van der Waals surface area (Å²) < 4.78 is 10.4. The third-order valence-electron chi connectivity index (χ3n) is 2.62. The monoisotopic (exact) mass is 216 g/mol. The summed E-state index contributed by atoms with van der Waals surface area (Å²) >= 11 is 0. The SMILES string of the molecule is CN(C(=O)COCCN)C1CCOCC1. The molecule has 1 aliphatic heterocycles. The maximum Gasteiger partial charge on any atom is 0.248 e. The number of nitrogens with zero attached hydrogens (tertiary/aromatic N) is 1. The smallest absolute Gasteiger partial charge is 0.248 e. The van der Waals surface area contributed by atoms with Crippen molar-refractivity contribution >= 4 is 5.91 Å². The van der Waals surface area contributed by atoms with Gasteiger partial charge in [-0.3, -0.25) is 4.79 Å². The van der Waals surface area contributed by atoms with Crippen LogP contribution in [-0.4, -0.2) is 56.9 Å². The molecule has 0 bridgehead atoms. The molecule has 0 aromatic heterocycles. The second kappa shape index (κ2) is 6.76. The lowest BCUT2D eigenvalue weighted by molar-refractivity contribution is -0.138. The van der Waals surface area contributed by atoms with Crippen LogP contribution in [0.15, 0.2) is 0 Å². The molecule has 15 heavy (non-hydrogen) atoms. The van der Waals surface area contributed by atoms with Gasteiger partial charge in [-0.15, -0.1) is 0 Å². The summed E-state index contributed by atoms with van der Waals surface area (Å²) in [6.07, 6.45) is 1.83. The van der Waals surface area contributed by atoms with Gasteiger partial charge in [-0.2, -0.15) is 0 Å². The van der Waals surface area contributed by atoms with E-state index < -0.39 is 0 Å². The van der Waals surface area contributed by atoms with Gasteiger partial charge in [0.05, 0.1) is 6.61 Å². The molecule has 2 N–H and O–H groups in total. The van der Waals surface area contributed by atoms with Gasteiger partial charge < -0.3 is 20.1 Å². The van der Waals surface area contributed by atoms with Crippen LogP contribution >= 0.6 is 0 Å². The van der Waals surface area contributed by atoms with Crippen LogP contribution in [0.2, 0.25) is 0 Å². The number of carbonyl (C=O) groups excluding carboxylic acids is 1. The standard InChI is InChI=1S/C10H20N2O3/c1-12(9-2-5-14-6-3-9)10(13)8-15-7-4-11/h9H,2-8,11H2,1H3. The molecule has 1 rings (SSSR count). The third kappa shape index (κ3) is 4.15. The summed E-state index contributed by atoms with van der Waals surface area (Å²) in [6, 6.07) is 0.299. The number of likely N-dealkylation sites (N-methyl/N-ethyl adjacent to an activating group) is 1. The molecule has 1 aliphatic rings. The summed E-state index contributed by atoms with van der Waals surface area (Å²) in [5.41, 5.74) is 5.27. The molecule has 5 nitrogen and oxygen atoms in total. The van der Waals surface area contributed by atoms with Crippen LogP contribution in [0, 0.1) is 0 Å². The van der Waals surface area contributed by atoms with Gasteiger partial charge in [0.25, 0.3) is 0 Å². The summed E-state index contributed by atoms with van der Waals surface area (Å²) in [5, 5.41) is 0. The van der Waals surface area contributed by atoms with Crippen molar-refractivity contribution in [2.45, 2.75) is 18.9 Å². The van der Waals surface area contributed by atoms with Crippen molar-refractivity contribution in [2.24, 2.45) is 5.73 Å². The molecule has 5 heteroatoms. The summed E-state index contributed by atoms with van der Waals surface area (Å²) in [6.45, 7) is 2.50. The molecule has 0 saturated carbocycles. The molecule has 0 aliphatic carbocycles. The Morgan fingerprint density at radius 2 is 2.20 bits per heavy atom. The Morgan fingerprint density at radius 1 is 1.53 bits per heavy atom. The number of carbonyl (C=O) groups is 1. The molecule has 1 heterocycles. The van der Waals surface area contributed by atoms with E-state index in [1.165, 1.54) is 0 Å². The van der Waals surface area contributed by atoms with Crippen molar-refractivity contribution in [2.75, 3.05) is 40.0 Å². The Labute approximate surface area is 90.5 Å². The molecule has 0 radical (unpaired) electrons. The van der Waals surface area contributed by atoms with E-state index >= 15 is 0 Å². The van der Waals surface area contributed by atoms with E-state index in [1.807, 2.05) is 7.05 Å². The lowest BCUT2D eigenvalue weighted by atomic mass is 10.1. The lowest BCUT2D eigenvalue weighted by Gasteiger charge is -2.31. The van der Waals surface area contributed by atoms with Gasteiger partial charge in [0.2, 0.25) is 5.91 Å². The molecule has 1 saturated heterocycles. The van der Waals surface area contributed by atoms with Crippen molar-refractivity contribution in [3.05, 3.63) is 0 Å². The number of amides is 1. The largest absolute Gasteiger partial charge is 0.381 e. The highest BCUT2D eigenvalue weighted by Crippen LogP contribution is 2.12. The van der Waals surface area contributed by atoms with Crippen LogP contribution in [0.4, 0.5) is 0 Å². The Balaban J connectivity index is 2.24. The van der Waals surface area contributed by atoms with E-state index in [-0.39, 0.29) is 12.5 Å². The minimum Gasteiger partial charge on any atom is -0.381 e. The van der Waals surface area contributed by atoms with Crippen LogP contribution in [0.25, 0.3) is 0 Å². The molecule has 0 unspecified atom stereocenters. The van der Waals surface area contributed by atoms with Gasteiger partial charge >= 0.3 is 0 Å². The van der Waals surface area contributed by atoms with Crippen molar-refractivity contribution in [3.63, 3.8) is 0 Å². The molecular formula is C10H20N2O3. The predicted molar refractivity (Wildman–Crippen MR) is 56.5 cm³/mol. The van der Waals surface area contributed by atoms with E-state index in [2.05, 4.69) is 0 Å². The molecule has 0 spiro atoms. The first-order valence-corrected chi connectivity index (χ1v) is 5.37. The maximum atomic E-state index is 11.6. The van der Waals surface area contributed by atoms with E-state index in [9.17, 15) is 4.79 Å². The summed E-state index contributed by atoms with van der Waals surface area (Å²) in [7, 11) is 1.82. The Hall–Kier alpha value is -0.650. The zero-order valence-corrected chi connectivity index (χ0v) is 9.28. The van der Waals surface area contributed by atoms with Gasteiger partial charge in [0, 0.05) is 32.8 Å². The topological polar surface area (TPSA) is 64.8 Å². The maximum absolute atomic E-state index is 11.6.